The second-order valence-electron chi connectivity index (χ2n) is 9.04. The number of imidazole rings is 1. The molecule has 186 valence electrons. The third kappa shape index (κ3) is 5.46. The van der Waals surface area contributed by atoms with Crippen LogP contribution in [-0.2, 0) is 4.74 Å². The van der Waals surface area contributed by atoms with Crippen molar-refractivity contribution in [2.45, 2.75) is 37.8 Å². The quantitative estimate of drug-likeness (QED) is 0.489. The summed E-state index contributed by atoms with van der Waals surface area (Å²) in [5.74, 6) is 1.70. The zero-order chi connectivity index (χ0) is 24.2. The van der Waals surface area contributed by atoms with E-state index in [1.54, 1.807) is 7.05 Å². The first-order valence-corrected chi connectivity index (χ1v) is 12.1. The van der Waals surface area contributed by atoms with Gasteiger partial charge in [-0.2, -0.15) is 9.97 Å². The van der Waals surface area contributed by atoms with Gasteiger partial charge in [0.15, 0.2) is 17.0 Å². The van der Waals surface area contributed by atoms with Crippen LogP contribution in [0.25, 0.3) is 11.2 Å². The van der Waals surface area contributed by atoms with E-state index >= 15 is 0 Å². The zero-order valence-corrected chi connectivity index (χ0v) is 20.2. The molecule has 2 fully saturated rings. The summed E-state index contributed by atoms with van der Waals surface area (Å²) in [4.78, 5) is 28.8. The van der Waals surface area contributed by atoms with Crippen LogP contribution < -0.4 is 20.7 Å². The molecule has 35 heavy (non-hydrogen) atoms. The molecule has 3 aromatic rings. The molecular formula is C24H32N8O3. The largest absolute Gasteiger partial charge is 0.490 e. The summed E-state index contributed by atoms with van der Waals surface area (Å²) in [7, 11) is 3.90. The number of amides is 1. The van der Waals surface area contributed by atoms with Gasteiger partial charge in [-0.15, -0.1) is 0 Å². The average molecular weight is 481 g/mol. The number of hydrogen-bond donors (Lipinski definition) is 3. The van der Waals surface area contributed by atoms with Gasteiger partial charge in [-0.3, -0.25) is 0 Å². The summed E-state index contributed by atoms with van der Waals surface area (Å²) >= 11 is 0. The van der Waals surface area contributed by atoms with Gasteiger partial charge in [-0.1, -0.05) is 6.07 Å². The van der Waals surface area contributed by atoms with Gasteiger partial charge < -0.3 is 30.3 Å². The van der Waals surface area contributed by atoms with Gasteiger partial charge in [-0.05, 0) is 44.9 Å². The Labute approximate surface area is 204 Å². The molecule has 1 aromatic carbocycles. The summed E-state index contributed by atoms with van der Waals surface area (Å²) in [6.07, 6.45) is 5.30. The Morgan fingerprint density at radius 1 is 1.14 bits per heavy atom. The molecule has 0 spiro atoms. The Hall–Kier alpha value is -3.44. The number of carbonyl (C=O) groups is 1. The molecule has 11 nitrogen and oxygen atoms in total. The number of ether oxygens (including phenoxy) is 2. The van der Waals surface area contributed by atoms with Crippen LogP contribution in [0.5, 0.6) is 5.75 Å². The predicted octanol–water partition coefficient (Wildman–Crippen LogP) is 2.82. The maximum absolute atomic E-state index is 13.0. The highest BCUT2D eigenvalue weighted by molar-refractivity contribution is 5.92. The number of rotatable bonds is 6. The summed E-state index contributed by atoms with van der Waals surface area (Å²) in [5, 5.41) is 9.36. The summed E-state index contributed by atoms with van der Waals surface area (Å²) in [6.45, 7) is 3.38. The Morgan fingerprint density at radius 3 is 2.71 bits per heavy atom. The molecule has 0 saturated carbocycles. The number of hydrogen-bond acceptors (Lipinski definition) is 9. The minimum Gasteiger partial charge on any atom is -0.490 e. The third-order valence-corrected chi connectivity index (χ3v) is 6.46. The van der Waals surface area contributed by atoms with Crippen LogP contribution in [0.2, 0.25) is 0 Å². The number of anilines is 3. The lowest BCUT2D eigenvalue weighted by Crippen LogP contribution is -2.40. The second kappa shape index (κ2) is 10.4. The van der Waals surface area contributed by atoms with Crippen LogP contribution in [0.1, 0.15) is 25.7 Å². The number of nitrogens with one attached hydrogen (secondary N) is 3. The van der Waals surface area contributed by atoms with Gasteiger partial charge >= 0.3 is 6.03 Å². The van der Waals surface area contributed by atoms with Crippen molar-refractivity contribution in [1.29, 1.82) is 0 Å². The van der Waals surface area contributed by atoms with Gasteiger partial charge in [-0.25, -0.2) is 14.3 Å². The molecule has 2 saturated heterocycles. The fraction of sp³-hybridized carbons (Fsp3) is 0.500. The van der Waals surface area contributed by atoms with E-state index in [0.717, 1.165) is 50.2 Å². The minimum atomic E-state index is -0.264. The second-order valence-corrected chi connectivity index (χ2v) is 9.04. The van der Waals surface area contributed by atoms with E-state index < -0.39 is 0 Å². The number of benzene rings is 1. The number of piperidine rings is 1. The van der Waals surface area contributed by atoms with E-state index in [1.807, 2.05) is 24.3 Å². The van der Waals surface area contributed by atoms with Gasteiger partial charge in [0.05, 0.1) is 0 Å². The molecule has 0 radical (unpaired) electrons. The molecule has 2 aliphatic heterocycles. The molecule has 2 aromatic heterocycles. The van der Waals surface area contributed by atoms with E-state index in [0.29, 0.717) is 36.1 Å². The summed E-state index contributed by atoms with van der Waals surface area (Å²) in [5.41, 5.74) is 1.75. The molecule has 0 atom stereocenters. The SMILES string of the molecule is CNc1nc(Nc2cccc(OC3CCN(C)CC3)c2)nc2c1ncn2C(=O)NC1CCOCC1. The fourth-order valence-electron chi connectivity index (χ4n) is 4.44. The van der Waals surface area contributed by atoms with Crippen molar-refractivity contribution in [3.8, 4) is 5.75 Å². The maximum atomic E-state index is 13.0. The van der Waals surface area contributed by atoms with Crippen molar-refractivity contribution in [1.82, 2.24) is 29.7 Å². The van der Waals surface area contributed by atoms with E-state index in [-0.39, 0.29) is 18.2 Å². The average Bonchev–Trinajstić information content (AvgIpc) is 3.30. The van der Waals surface area contributed by atoms with E-state index in [9.17, 15) is 4.79 Å². The van der Waals surface area contributed by atoms with Gasteiger partial charge in [0.2, 0.25) is 5.95 Å². The molecule has 2 aliphatic rings. The number of likely N-dealkylation sites (tertiary alicyclic amines) is 1. The maximum Gasteiger partial charge on any atom is 0.328 e. The van der Waals surface area contributed by atoms with E-state index in [2.05, 4.69) is 42.8 Å². The Balaban J connectivity index is 1.34. The topological polar surface area (TPSA) is 118 Å². The Bertz CT molecular complexity index is 1170. The fourth-order valence-corrected chi connectivity index (χ4v) is 4.44. The first kappa shape index (κ1) is 23.3. The summed E-state index contributed by atoms with van der Waals surface area (Å²) in [6, 6.07) is 7.59. The highest BCUT2D eigenvalue weighted by Crippen LogP contribution is 2.26. The predicted molar refractivity (Wildman–Crippen MR) is 134 cm³/mol. The van der Waals surface area contributed by atoms with Crippen molar-refractivity contribution in [3.63, 3.8) is 0 Å². The highest BCUT2D eigenvalue weighted by Gasteiger charge is 2.21. The monoisotopic (exact) mass is 480 g/mol. The minimum absolute atomic E-state index is 0.0733. The van der Waals surface area contributed by atoms with Crippen LogP contribution in [0.4, 0.5) is 22.2 Å². The molecule has 0 aliphatic carbocycles. The third-order valence-electron chi connectivity index (χ3n) is 6.46. The van der Waals surface area contributed by atoms with Crippen LogP contribution in [-0.4, -0.2) is 83.0 Å². The lowest BCUT2D eigenvalue weighted by molar-refractivity contribution is 0.0802. The lowest BCUT2D eigenvalue weighted by atomic mass is 10.1. The summed E-state index contributed by atoms with van der Waals surface area (Å²) < 4.78 is 13.0. The van der Waals surface area contributed by atoms with Crippen molar-refractivity contribution in [2.75, 3.05) is 51.0 Å². The molecule has 4 heterocycles. The molecular weight excluding hydrogens is 448 g/mol. The number of fused-ring (bicyclic) bond motifs is 1. The molecule has 3 N–H and O–H groups in total. The molecule has 5 rings (SSSR count). The molecule has 1 amide bonds. The van der Waals surface area contributed by atoms with Crippen LogP contribution in [0.15, 0.2) is 30.6 Å². The van der Waals surface area contributed by atoms with Crippen molar-refractivity contribution < 1.29 is 14.3 Å². The number of carbonyl (C=O) groups excluding carboxylic acids is 1. The zero-order valence-electron chi connectivity index (χ0n) is 20.2. The Kier molecular flexibility index (Phi) is 6.96. The smallest absolute Gasteiger partial charge is 0.328 e. The van der Waals surface area contributed by atoms with Gasteiger partial charge in [0.1, 0.15) is 18.2 Å². The number of nitrogens with zero attached hydrogens (tertiary/aromatic N) is 5. The van der Waals surface area contributed by atoms with Gasteiger partial charge in [0.25, 0.3) is 0 Å². The lowest BCUT2D eigenvalue weighted by Gasteiger charge is -2.29. The van der Waals surface area contributed by atoms with Crippen molar-refractivity contribution in [3.05, 3.63) is 30.6 Å². The molecule has 0 bridgehead atoms. The normalized spacial score (nSPS) is 17.9. The van der Waals surface area contributed by atoms with Crippen LogP contribution in [0, 0.1) is 0 Å². The van der Waals surface area contributed by atoms with Gasteiger partial charge in [0, 0.05) is 51.1 Å². The van der Waals surface area contributed by atoms with E-state index in [1.165, 1.54) is 10.9 Å². The first-order chi connectivity index (χ1) is 17.1. The Morgan fingerprint density at radius 2 is 1.94 bits per heavy atom. The molecule has 11 heteroatoms. The number of aromatic nitrogens is 4. The van der Waals surface area contributed by atoms with Crippen LogP contribution in [0.3, 0.4) is 0 Å². The van der Waals surface area contributed by atoms with Crippen molar-refractivity contribution >= 4 is 34.6 Å². The molecule has 0 unspecified atom stereocenters. The van der Waals surface area contributed by atoms with E-state index in [4.69, 9.17) is 9.47 Å². The first-order valence-electron chi connectivity index (χ1n) is 12.1. The highest BCUT2D eigenvalue weighted by atomic mass is 16.5. The van der Waals surface area contributed by atoms with Crippen molar-refractivity contribution in [2.24, 2.45) is 0 Å². The van der Waals surface area contributed by atoms with Crippen LogP contribution >= 0.6 is 0 Å². The standard InChI is InChI=1S/C24H32N8O3/c1-25-21-20-22(32(15-26-20)24(33)28-16-8-12-34-13-9-16)30-23(29-21)27-17-4-3-5-19(14-17)35-18-6-10-31(2)11-7-18/h3-5,14-16,18H,6-13H2,1-2H3,(H,28,33)(H2,25,27,29,30).